The highest BCUT2D eigenvalue weighted by atomic mass is 19.4. The molecule has 2 heterocycles. The van der Waals surface area contributed by atoms with E-state index in [9.17, 15) is 23.3 Å². The summed E-state index contributed by atoms with van der Waals surface area (Å²) >= 11 is 0. The molecule has 0 saturated carbocycles. The molecule has 0 spiro atoms. The maximum atomic E-state index is 10.9. The number of carboxylic acid groups (broad SMARTS) is 1. The van der Waals surface area contributed by atoms with Crippen LogP contribution in [-0.4, -0.2) is 53.3 Å². The minimum absolute atomic E-state index is 0.0773. The zero-order chi connectivity index (χ0) is 18.3. The number of carbonyl (C=O) groups is 1. The average molecular weight is 350 g/mol. The van der Waals surface area contributed by atoms with Crippen LogP contribution in [0.2, 0.25) is 0 Å². The summed E-state index contributed by atoms with van der Waals surface area (Å²) in [6.45, 7) is 1.91. The van der Waals surface area contributed by atoms with Crippen LogP contribution in [-0.2, 0) is 4.79 Å². The second-order valence-electron chi connectivity index (χ2n) is 5.00. The van der Waals surface area contributed by atoms with E-state index < -0.39 is 12.1 Å². The van der Waals surface area contributed by atoms with E-state index >= 15 is 0 Å². The van der Waals surface area contributed by atoms with E-state index in [0.717, 1.165) is 25.9 Å². The Morgan fingerprint density at radius 2 is 2.00 bits per heavy atom. The van der Waals surface area contributed by atoms with Gasteiger partial charge < -0.3 is 15.3 Å². The summed E-state index contributed by atoms with van der Waals surface area (Å²) in [7, 11) is 1.88. The standard InChI is InChI=1S/C11H16N4O2.C2HF3O2/c1-14(9-4-7-12-8-5-9)11-10(15(16)17)3-2-6-13-11;3-2(4,5)1(6)7/h2-3,6,9,12H,4-5,7-8H2,1H3;(H,6,7). The first-order chi connectivity index (χ1) is 11.1. The van der Waals surface area contributed by atoms with Crippen molar-refractivity contribution in [2.45, 2.75) is 25.1 Å². The van der Waals surface area contributed by atoms with Gasteiger partial charge in [-0.05, 0) is 32.0 Å². The van der Waals surface area contributed by atoms with E-state index in [-0.39, 0.29) is 10.6 Å². The zero-order valence-corrected chi connectivity index (χ0v) is 12.8. The maximum absolute atomic E-state index is 10.9. The Bertz CT molecular complexity index is 577. The molecule has 2 rings (SSSR count). The van der Waals surface area contributed by atoms with Crippen molar-refractivity contribution in [2.75, 3.05) is 25.0 Å². The monoisotopic (exact) mass is 350 g/mol. The van der Waals surface area contributed by atoms with Crippen LogP contribution in [0, 0.1) is 10.1 Å². The SMILES string of the molecule is CN(c1ncccc1[N+](=O)[O-])C1CCNCC1.O=C(O)C(F)(F)F. The van der Waals surface area contributed by atoms with Gasteiger partial charge in [0.05, 0.1) is 4.92 Å². The lowest BCUT2D eigenvalue weighted by Crippen LogP contribution is -2.41. The van der Waals surface area contributed by atoms with Gasteiger partial charge in [-0.3, -0.25) is 10.1 Å². The lowest BCUT2D eigenvalue weighted by Gasteiger charge is -2.31. The van der Waals surface area contributed by atoms with Crippen molar-refractivity contribution in [2.24, 2.45) is 0 Å². The molecule has 1 aliphatic heterocycles. The van der Waals surface area contributed by atoms with Gasteiger partial charge in [-0.15, -0.1) is 0 Å². The molecule has 8 nitrogen and oxygen atoms in total. The first-order valence-electron chi connectivity index (χ1n) is 6.97. The lowest BCUT2D eigenvalue weighted by molar-refractivity contribution is -0.384. The number of hydrogen-bond acceptors (Lipinski definition) is 6. The number of nitrogens with one attached hydrogen (secondary N) is 1. The highest BCUT2D eigenvalue weighted by Crippen LogP contribution is 2.27. The summed E-state index contributed by atoms with van der Waals surface area (Å²) in [5, 5.41) is 21.3. The van der Waals surface area contributed by atoms with E-state index in [4.69, 9.17) is 9.90 Å². The van der Waals surface area contributed by atoms with Crippen molar-refractivity contribution in [1.29, 1.82) is 0 Å². The molecule has 2 N–H and O–H groups in total. The van der Waals surface area contributed by atoms with Crippen LogP contribution >= 0.6 is 0 Å². The molecule has 24 heavy (non-hydrogen) atoms. The van der Waals surface area contributed by atoms with E-state index in [0.29, 0.717) is 11.9 Å². The fraction of sp³-hybridized carbons (Fsp3) is 0.538. The second kappa shape index (κ2) is 8.43. The second-order valence-corrected chi connectivity index (χ2v) is 5.00. The van der Waals surface area contributed by atoms with Crippen LogP contribution in [0.5, 0.6) is 0 Å². The third kappa shape index (κ3) is 5.65. The number of nitro groups is 1. The van der Waals surface area contributed by atoms with Gasteiger partial charge in [-0.1, -0.05) is 0 Å². The van der Waals surface area contributed by atoms with Crippen molar-refractivity contribution in [3.05, 3.63) is 28.4 Å². The van der Waals surface area contributed by atoms with Gasteiger partial charge >= 0.3 is 17.8 Å². The normalized spacial score (nSPS) is 15.2. The molecular weight excluding hydrogens is 333 g/mol. The Kier molecular flexibility index (Phi) is 6.89. The molecule has 0 bridgehead atoms. The van der Waals surface area contributed by atoms with Crippen molar-refractivity contribution in [1.82, 2.24) is 10.3 Å². The number of alkyl halides is 3. The van der Waals surface area contributed by atoms with Crippen molar-refractivity contribution >= 4 is 17.5 Å². The molecule has 11 heteroatoms. The molecule has 0 amide bonds. The molecule has 1 fully saturated rings. The van der Waals surface area contributed by atoms with Crippen LogP contribution in [0.25, 0.3) is 0 Å². The molecule has 0 aliphatic carbocycles. The van der Waals surface area contributed by atoms with Crippen LogP contribution < -0.4 is 10.2 Å². The lowest BCUT2D eigenvalue weighted by atomic mass is 10.1. The van der Waals surface area contributed by atoms with E-state index in [1.54, 1.807) is 12.3 Å². The summed E-state index contributed by atoms with van der Waals surface area (Å²) in [4.78, 5) is 25.5. The summed E-state index contributed by atoms with van der Waals surface area (Å²) in [5.41, 5.74) is 0.0773. The Balaban J connectivity index is 0.000000351. The number of hydrogen-bond donors (Lipinski definition) is 2. The number of rotatable bonds is 3. The minimum atomic E-state index is -5.08. The van der Waals surface area contributed by atoms with Gasteiger partial charge in [0.15, 0.2) is 0 Å². The topological polar surface area (TPSA) is 109 Å². The van der Waals surface area contributed by atoms with Crippen molar-refractivity contribution < 1.29 is 28.0 Å². The average Bonchev–Trinajstić information content (AvgIpc) is 2.54. The summed E-state index contributed by atoms with van der Waals surface area (Å²) in [6, 6.07) is 3.42. The number of aliphatic carboxylic acids is 1. The quantitative estimate of drug-likeness (QED) is 0.632. The Morgan fingerprint density at radius 3 is 2.46 bits per heavy atom. The molecule has 0 atom stereocenters. The fourth-order valence-corrected chi connectivity index (χ4v) is 2.17. The van der Waals surface area contributed by atoms with Gasteiger partial charge in [-0.25, -0.2) is 9.78 Å². The third-order valence-electron chi connectivity index (χ3n) is 3.40. The summed E-state index contributed by atoms with van der Waals surface area (Å²) in [6.07, 6.45) is -1.51. The van der Waals surface area contributed by atoms with Gasteiger partial charge in [-0.2, -0.15) is 13.2 Å². The van der Waals surface area contributed by atoms with Crippen LogP contribution in [0.15, 0.2) is 18.3 Å². The number of nitrogens with zero attached hydrogens (tertiary/aromatic N) is 3. The number of carboxylic acids is 1. The zero-order valence-electron chi connectivity index (χ0n) is 12.8. The van der Waals surface area contributed by atoms with Crippen LogP contribution in [0.1, 0.15) is 12.8 Å². The summed E-state index contributed by atoms with van der Waals surface area (Å²) < 4.78 is 31.7. The number of piperidine rings is 1. The number of halogens is 3. The molecule has 1 aliphatic rings. The smallest absolute Gasteiger partial charge is 0.475 e. The number of pyridine rings is 1. The first kappa shape index (κ1) is 19.6. The van der Waals surface area contributed by atoms with Gasteiger partial charge in [0.25, 0.3) is 0 Å². The molecule has 1 aromatic heterocycles. The van der Waals surface area contributed by atoms with Gasteiger partial charge in [0.2, 0.25) is 5.82 Å². The van der Waals surface area contributed by atoms with Crippen LogP contribution in [0.4, 0.5) is 24.7 Å². The van der Waals surface area contributed by atoms with Gasteiger partial charge in [0, 0.05) is 25.4 Å². The minimum Gasteiger partial charge on any atom is -0.475 e. The molecule has 134 valence electrons. The predicted molar refractivity (Wildman–Crippen MR) is 78.9 cm³/mol. The largest absolute Gasteiger partial charge is 0.490 e. The highest BCUT2D eigenvalue weighted by Gasteiger charge is 2.38. The Labute approximate surface area is 135 Å². The van der Waals surface area contributed by atoms with Crippen molar-refractivity contribution in [3.63, 3.8) is 0 Å². The summed E-state index contributed by atoms with van der Waals surface area (Å²) in [5.74, 6) is -2.29. The molecule has 0 aromatic carbocycles. The van der Waals surface area contributed by atoms with Crippen molar-refractivity contribution in [3.8, 4) is 0 Å². The molecule has 0 radical (unpaired) electrons. The Hall–Kier alpha value is -2.43. The molecule has 0 unspecified atom stereocenters. The first-order valence-corrected chi connectivity index (χ1v) is 6.97. The Morgan fingerprint density at radius 1 is 1.46 bits per heavy atom. The third-order valence-corrected chi connectivity index (χ3v) is 3.40. The van der Waals surface area contributed by atoms with E-state index in [2.05, 4.69) is 10.3 Å². The van der Waals surface area contributed by atoms with E-state index in [1.165, 1.54) is 6.07 Å². The van der Waals surface area contributed by atoms with Crippen LogP contribution in [0.3, 0.4) is 0 Å². The highest BCUT2D eigenvalue weighted by molar-refractivity contribution is 5.73. The molecular formula is C13H17F3N4O4. The predicted octanol–water partition coefficient (Wildman–Crippen LogP) is 1.81. The van der Waals surface area contributed by atoms with Gasteiger partial charge in [0.1, 0.15) is 0 Å². The molecule has 1 saturated heterocycles. The number of anilines is 1. The fourth-order valence-electron chi connectivity index (χ4n) is 2.17. The maximum Gasteiger partial charge on any atom is 0.490 e. The van der Waals surface area contributed by atoms with E-state index in [1.807, 2.05) is 11.9 Å². The number of aromatic nitrogens is 1. The molecule has 1 aromatic rings.